The lowest BCUT2D eigenvalue weighted by molar-refractivity contribution is -0.123. The first-order valence-electron chi connectivity index (χ1n) is 5.91. The highest BCUT2D eigenvalue weighted by Crippen LogP contribution is 2.03. The Labute approximate surface area is 130 Å². The summed E-state index contributed by atoms with van der Waals surface area (Å²) in [6.07, 6.45) is 1.86. The average molecular weight is 320 g/mol. The smallest absolute Gasteiger partial charge is 0.237 e. The maximum absolute atomic E-state index is 11.7. The number of hydrogen-bond acceptors (Lipinski definition) is 4. The minimum absolute atomic E-state index is 0. The van der Waals surface area contributed by atoms with E-state index in [4.69, 9.17) is 5.73 Å². The standard InChI is InChI=1S/C12H17N5O.2ClH/c1-8(2)11(13)12(18)14-7-10-16-15-9-5-3-4-6-17(9)10;;/h3-6,8,11H,7,13H2,1-2H3,(H,14,18);2*1H. The van der Waals surface area contributed by atoms with Crippen molar-refractivity contribution in [1.82, 2.24) is 19.9 Å². The topological polar surface area (TPSA) is 85.3 Å². The van der Waals surface area contributed by atoms with Crippen LogP contribution < -0.4 is 11.1 Å². The van der Waals surface area contributed by atoms with E-state index in [0.717, 1.165) is 5.65 Å². The summed E-state index contributed by atoms with van der Waals surface area (Å²) in [5.41, 5.74) is 6.52. The van der Waals surface area contributed by atoms with Gasteiger partial charge < -0.3 is 11.1 Å². The Morgan fingerprint density at radius 2 is 2.05 bits per heavy atom. The summed E-state index contributed by atoms with van der Waals surface area (Å²) in [5.74, 6) is 0.632. The predicted molar refractivity (Wildman–Crippen MR) is 82.1 cm³/mol. The van der Waals surface area contributed by atoms with E-state index in [-0.39, 0.29) is 36.6 Å². The third kappa shape index (κ3) is 4.06. The second-order valence-corrected chi connectivity index (χ2v) is 4.53. The molecule has 2 aromatic rings. The Hall–Kier alpha value is -1.37. The van der Waals surface area contributed by atoms with Crippen LogP contribution in [0.1, 0.15) is 19.7 Å². The number of rotatable bonds is 4. The molecule has 8 heteroatoms. The molecule has 20 heavy (non-hydrogen) atoms. The SMILES string of the molecule is CC(C)C(N)C(=O)NCc1nnc2ccccn12.Cl.Cl. The highest BCUT2D eigenvalue weighted by Gasteiger charge is 2.17. The molecule has 1 amide bonds. The van der Waals surface area contributed by atoms with Crippen LogP contribution in [0.2, 0.25) is 0 Å². The van der Waals surface area contributed by atoms with Gasteiger partial charge in [-0.1, -0.05) is 19.9 Å². The molecule has 0 spiro atoms. The zero-order valence-electron chi connectivity index (χ0n) is 11.3. The van der Waals surface area contributed by atoms with Gasteiger partial charge in [-0.15, -0.1) is 35.0 Å². The first-order chi connectivity index (χ1) is 8.59. The lowest BCUT2D eigenvalue weighted by Gasteiger charge is -2.14. The Morgan fingerprint density at radius 1 is 1.35 bits per heavy atom. The fraction of sp³-hybridized carbons (Fsp3) is 0.417. The van der Waals surface area contributed by atoms with Gasteiger partial charge in [0.15, 0.2) is 11.5 Å². The van der Waals surface area contributed by atoms with Gasteiger partial charge in [0.05, 0.1) is 12.6 Å². The quantitative estimate of drug-likeness (QED) is 0.886. The van der Waals surface area contributed by atoms with E-state index in [0.29, 0.717) is 12.4 Å². The van der Waals surface area contributed by atoms with Crippen LogP contribution in [0.15, 0.2) is 24.4 Å². The molecule has 1 unspecified atom stereocenters. The van der Waals surface area contributed by atoms with E-state index >= 15 is 0 Å². The highest BCUT2D eigenvalue weighted by molar-refractivity contribution is 5.85. The molecule has 2 aromatic heterocycles. The van der Waals surface area contributed by atoms with Gasteiger partial charge in [-0.2, -0.15) is 0 Å². The summed E-state index contributed by atoms with van der Waals surface area (Å²) in [5, 5.41) is 10.8. The molecule has 0 aliphatic rings. The van der Waals surface area contributed by atoms with Gasteiger partial charge in [-0.25, -0.2) is 0 Å². The molecule has 2 heterocycles. The number of nitrogens with one attached hydrogen (secondary N) is 1. The van der Waals surface area contributed by atoms with Crippen molar-refractivity contribution in [2.75, 3.05) is 0 Å². The molecule has 0 fully saturated rings. The molecule has 2 rings (SSSR count). The van der Waals surface area contributed by atoms with Gasteiger partial charge in [-0.3, -0.25) is 9.20 Å². The summed E-state index contributed by atoms with van der Waals surface area (Å²) in [6, 6.07) is 5.14. The summed E-state index contributed by atoms with van der Waals surface area (Å²) in [7, 11) is 0. The van der Waals surface area contributed by atoms with Crippen molar-refractivity contribution in [2.45, 2.75) is 26.4 Å². The molecule has 0 aliphatic heterocycles. The van der Waals surface area contributed by atoms with Crippen LogP contribution in [0.4, 0.5) is 0 Å². The molecule has 0 radical (unpaired) electrons. The van der Waals surface area contributed by atoms with E-state index in [1.165, 1.54) is 0 Å². The Kier molecular flexibility index (Phi) is 7.49. The monoisotopic (exact) mass is 319 g/mol. The number of aromatic nitrogens is 3. The molecule has 112 valence electrons. The molecule has 6 nitrogen and oxygen atoms in total. The molecule has 0 saturated heterocycles. The van der Waals surface area contributed by atoms with Crippen LogP contribution in [0.25, 0.3) is 5.65 Å². The Bertz CT molecular complexity index is 558. The fourth-order valence-corrected chi connectivity index (χ4v) is 1.60. The van der Waals surface area contributed by atoms with Crippen molar-refractivity contribution in [3.63, 3.8) is 0 Å². The van der Waals surface area contributed by atoms with E-state index in [1.807, 2.05) is 42.6 Å². The largest absolute Gasteiger partial charge is 0.347 e. The van der Waals surface area contributed by atoms with Crippen LogP contribution >= 0.6 is 24.8 Å². The molecule has 0 aromatic carbocycles. The van der Waals surface area contributed by atoms with Gasteiger partial charge in [0.2, 0.25) is 5.91 Å². The van der Waals surface area contributed by atoms with E-state index in [1.54, 1.807) is 0 Å². The first kappa shape index (κ1) is 18.6. The second kappa shape index (κ2) is 8.04. The molecule has 0 bridgehead atoms. The summed E-state index contributed by atoms with van der Waals surface area (Å²) in [6.45, 7) is 4.15. The minimum atomic E-state index is -0.496. The fourth-order valence-electron chi connectivity index (χ4n) is 1.60. The third-order valence-electron chi connectivity index (χ3n) is 2.83. The number of amides is 1. The zero-order valence-corrected chi connectivity index (χ0v) is 12.9. The zero-order chi connectivity index (χ0) is 13.1. The third-order valence-corrected chi connectivity index (χ3v) is 2.83. The molecule has 3 N–H and O–H groups in total. The van der Waals surface area contributed by atoms with Gasteiger partial charge in [0, 0.05) is 6.20 Å². The van der Waals surface area contributed by atoms with E-state index in [2.05, 4.69) is 15.5 Å². The highest BCUT2D eigenvalue weighted by atomic mass is 35.5. The maximum Gasteiger partial charge on any atom is 0.237 e. The first-order valence-corrected chi connectivity index (χ1v) is 5.91. The van der Waals surface area contributed by atoms with Gasteiger partial charge >= 0.3 is 0 Å². The normalized spacial score (nSPS) is 11.6. The lowest BCUT2D eigenvalue weighted by Crippen LogP contribution is -2.43. The van der Waals surface area contributed by atoms with Gasteiger partial charge in [0.25, 0.3) is 0 Å². The van der Waals surface area contributed by atoms with Crippen molar-refractivity contribution in [2.24, 2.45) is 11.7 Å². The molecule has 0 saturated carbocycles. The van der Waals surface area contributed by atoms with Crippen molar-refractivity contribution in [3.05, 3.63) is 30.2 Å². The molecule has 0 aliphatic carbocycles. The number of carbonyl (C=O) groups is 1. The summed E-state index contributed by atoms with van der Waals surface area (Å²) in [4.78, 5) is 11.7. The van der Waals surface area contributed by atoms with Crippen LogP contribution in [-0.2, 0) is 11.3 Å². The second-order valence-electron chi connectivity index (χ2n) is 4.53. The van der Waals surface area contributed by atoms with Crippen molar-refractivity contribution >= 4 is 36.4 Å². The van der Waals surface area contributed by atoms with Crippen molar-refractivity contribution < 1.29 is 4.79 Å². The Morgan fingerprint density at radius 3 is 2.70 bits per heavy atom. The van der Waals surface area contributed by atoms with Crippen LogP contribution in [0, 0.1) is 5.92 Å². The number of nitrogens with zero attached hydrogens (tertiary/aromatic N) is 3. The number of hydrogen-bond donors (Lipinski definition) is 2. The van der Waals surface area contributed by atoms with Gasteiger partial charge in [0.1, 0.15) is 0 Å². The number of halogens is 2. The van der Waals surface area contributed by atoms with Crippen LogP contribution in [0.5, 0.6) is 0 Å². The predicted octanol–water partition coefficient (Wildman–Crippen LogP) is 1.17. The minimum Gasteiger partial charge on any atom is -0.347 e. The summed E-state index contributed by atoms with van der Waals surface area (Å²) < 4.78 is 1.83. The number of carbonyl (C=O) groups excluding carboxylic acids is 1. The molecular weight excluding hydrogens is 301 g/mol. The van der Waals surface area contributed by atoms with E-state index in [9.17, 15) is 4.79 Å². The van der Waals surface area contributed by atoms with E-state index < -0.39 is 6.04 Å². The number of fused-ring (bicyclic) bond motifs is 1. The van der Waals surface area contributed by atoms with Crippen LogP contribution in [-0.4, -0.2) is 26.5 Å². The van der Waals surface area contributed by atoms with Crippen molar-refractivity contribution in [1.29, 1.82) is 0 Å². The summed E-state index contributed by atoms with van der Waals surface area (Å²) >= 11 is 0. The van der Waals surface area contributed by atoms with Crippen LogP contribution in [0.3, 0.4) is 0 Å². The molecular formula is C12H19Cl2N5O. The van der Waals surface area contributed by atoms with Crippen molar-refractivity contribution in [3.8, 4) is 0 Å². The molecule has 1 atom stereocenters. The number of pyridine rings is 1. The average Bonchev–Trinajstić information content (AvgIpc) is 2.78. The van der Waals surface area contributed by atoms with Gasteiger partial charge in [-0.05, 0) is 18.1 Å². The number of nitrogens with two attached hydrogens (primary N) is 1. The maximum atomic E-state index is 11.7. The Balaban J connectivity index is 0.00000180. The lowest BCUT2D eigenvalue weighted by atomic mass is 10.1.